The fraction of sp³-hybridized carbons (Fsp3) is 0.462. The summed E-state index contributed by atoms with van der Waals surface area (Å²) in [7, 11) is 0. The van der Waals surface area contributed by atoms with Crippen molar-refractivity contribution in [1.29, 1.82) is 0 Å². The second-order valence-corrected chi connectivity index (χ2v) is 7.54. The van der Waals surface area contributed by atoms with Crippen molar-refractivity contribution < 1.29 is 4.39 Å². The molecule has 0 radical (unpaired) electrons. The van der Waals surface area contributed by atoms with E-state index in [0.29, 0.717) is 0 Å². The lowest BCUT2D eigenvalue weighted by atomic mass is 10.0. The molecular weight excluding hydrogens is 359 g/mol. The molecule has 160 valence electrons. The highest BCUT2D eigenvalue weighted by Crippen LogP contribution is 2.16. The van der Waals surface area contributed by atoms with Crippen molar-refractivity contribution in [1.82, 2.24) is 10.2 Å². The Morgan fingerprint density at radius 3 is 2.03 bits per heavy atom. The van der Waals surface area contributed by atoms with Crippen molar-refractivity contribution in [2.24, 2.45) is 0 Å². The van der Waals surface area contributed by atoms with Crippen molar-refractivity contribution in [3.8, 4) is 0 Å². The maximum Gasteiger partial charge on any atom is 0.123 e. The Bertz CT molecular complexity index is 661. The van der Waals surface area contributed by atoms with Crippen LogP contribution in [0.15, 0.2) is 66.9 Å². The fourth-order valence-corrected chi connectivity index (χ4v) is 3.30. The average Bonchev–Trinajstić information content (AvgIpc) is 2.74. The molecule has 3 rings (SSSR count). The molecule has 0 amide bonds. The number of hydrogen-bond donors (Lipinski definition) is 1. The van der Waals surface area contributed by atoms with Crippen LogP contribution in [0.25, 0.3) is 0 Å². The van der Waals surface area contributed by atoms with Gasteiger partial charge >= 0.3 is 0 Å². The molecule has 1 heterocycles. The van der Waals surface area contributed by atoms with Crippen LogP contribution in [0, 0.1) is 12.7 Å². The Labute approximate surface area is 177 Å². The SMILES string of the molecule is C=C(C)N(CCC)C1CCNCC1.CCc1ccc(F)cc1.Cc1ccccc1. The second kappa shape index (κ2) is 14.8. The van der Waals surface area contributed by atoms with E-state index in [2.05, 4.69) is 49.7 Å². The smallest absolute Gasteiger partial charge is 0.123 e. The van der Waals surface area contributed by atoms with Crippen molar-refractivity contribution in [3.63, 3.8) is 0 Å². The number of halogens is 1. The van der Waals surface area contributed by atoms with Gasteiger partial charge in [-0.15, -0.1) is 0 Å². The van der Waals surface area contributed by atoms with E-state index in [9.17, 15) is 4.39 Å². The molecule has 0 spiro atoms. The molecule has 0 aromatic heterocycles. The van der Waals surface area contributed by atoms with E-state index in [0.717, 1.165) is 25.6 Å². The molecule has 0 saturated carbocycles. The first-order valence-corrected chi connectivity index (χ1v) is 10.9. The molecule has 1 N–H and O–H groups in total. The van der Waals surface area contributed by atoms with Gasteiger partial charge in [-0.1, -0.05) is 68.5 Å². The maximum atomic E-state index is 12.2. The summed E-state index contributed by atoms with van der Waals surface area (Å²) < 4.78 is 12.2. The molecule has 2 aromatic carbocycles. The van der Waals surface area contributed by atoms with Crippen molar-refractivity contribution >= 4 is 0 Å². The van der Waals surface area contributed by atoms with Gasteiger partial charge in [0.15, 0.2) is 0 Å². The monoisotopic (exact) mass is 398 g/mol. The minimum Gasteiger partial charge on any atom is -0.372 e. The largest absolute Gasteiger partial charge is 0.372 e. The van der Waals surface area contributed by atoms with E-state index in [-0.39, 0.29) is 5.82 Å². The van der Waals surface area contributed by atoms with E-state index in [1.165, 1.54) is 54.8 Å². The van der Waals surface area contributed by atoms with Crippen LogP contribution in [0.5, 0.6) is 0 Å². The Morgan fingerprint density at radius 2 is 1.62 bits per heavy atom. The summed E-state index contributed by atoms with van der Waals surface area (Å²) in [5.74, 6) is -0.160. The summed E-state index contributed by atoms with van der Waals surface area (Å²) >= 11 is 0. The Kier molecular flexibility index (Phi) is 12.7. The van der Waals surface area contributed by atoms with Crippen LogP contribution in [0.2, 0.25) is 0 Å². The van der Waals surface area contributed by atoms with Crippen LogP contribution >= 0.6 is 0 Å². The van der Waals surface area contributed by atoms with Crippen LogP contribution in [-0.4, -0.2) is 30.6 Å². The van der Waals surface area contributed by atoms with Crippen molar-refractivity contribution in [2.75, 3.05) is 19.6 Å². The van der Waals surface area contributed by atoms with E-state index in [1.807, 2.05) is 25.1 Å². The number of aryl methyl sites for hydroxylation is 2. The average molecular weight is 399 g/mol. The molecule has 2 nitrogen and oxygen atoms in total. The number of nitrogens with zero attached hydrogens (tertiary/aromatic N) is 1. The van der Waals surface area contributed by atoms with Gasteiger partial charge in [-0.3, -0.25) is 0 Å². The lowest BCUT2D eigenvalue weighted by Gasteiger charge is -2.36. The first-order valence-electron chi connectivity index (χ1n) is 10.9. The van der Waals surface area contributed by atoms with Crippen LogP contribution in [-0.2, 0) is 6.42 Å². The first-order chi connectivity index (χ1) is 14.0. The van der Waals surface area contributed by atoms with Crippen LogP contribution in [0.4, 0.5) is 4.39 Å². The molecule has 3 heteroatoms. The lowest BCUT2D eigenvalue weighted by molar-refractivity contribution is 0.208. The van der Waals surface area contributed by atoms with Gasteiger partial charge in [-0.25, -0.2) is 4.39 Å². The van der Waals surface area contributed by atoms with E-state index in [4.69, 9.17) is 0 Å². The third kappa shape index (κ3) is 10.8. The van der Waals surface area contributed by atoms with Gasteiger partial charge in [0.25, 0.3) is 0 Å². The summed E-state index contributed by atoms with van der Waals surface area (Å²) in [6.07, 6.45) is 4.73. The molecule has 29 heavy (non-hydrogen) atoms. The number of hydrogen-bond acceptors (Lipinski definition) is 2. The molecular formula is C26H39FN2. The predicted octanol–water partition coefficient (Wildman–Crippen LogP) is 6.37. The second-order valence-electron chi connectivity index (χ2n) is 7.54. The number of piperidine rings is 1. The van der Waals surface area contributed by atoms with Crippen LogP contribution in [0.3, 0.4) is 0 Å². The molecule has 1 saturated heterocycles. The summed E-state index contributed by atoms with van der Waals surface area (Å²) in [4.78, 5) is 2.47. The third-order valence-corrected chi connectivity index (χ3v) is 4.97. The highest BCUT2D eigenvalue weighted by atomic mass is 19.1. The minimum absolute atomic E-state index is 0.160. The highest BCUT2D eigenvalue weighted by molar-refractivity contribution is 5.15. The number of rotatable bonds is 5. The van der Waals surface area contributed by atoms with Crippen LogP contribution in [0.1, 0.15) is 51.2 Å². The summed E-state index contributed by atoms with van der Waals surface area (Å²) in [6.45, 7) is 16.0. The summed E-state index contributed by atoms with van der Waals surface area (Å²) in [5, 5.41) is 3.39. The molecule has 0 bridgehead atoms. The number of nitrogens with one attached hydrogen (secondary N) is 1. The Balaban J connectivity index is 0.000000229. The molecule has 0 unspecified atom stereocenters. The quantitative estimate of drug-likeness (QED) is 0.630. The third-order valence-electron chi connectivity index (χ3n) is 4.97. The number of benzene rings is 2. The van der Waals surface area contributed by atoms with E-state index >= 15 is 0 Å². The fourth-order valence-electron chi connectivity index (χ4n) is 3.30. The molecule has 1 aliphatic heterocycles. The van der Waals surface area contributed by atoms with E-state index in [1.54, 1.807) is 12.1 Å². The number of allylic oxidation sites excluding steroid dienone is 1. The highest BCUT2D eigenvalue weighted by Gasteiger charge is 2.19. The molecule has 1 aliphatic rings. The van der Waals surface area contributed by atoms with Gasteiger partial charge in [0, 0.05) is 18.3 Å². The summed E-state index contributed by atoms with van der Waals surface area (Å²) in [5.41, 5.74) is 3.73. The lowest BCUT2D eigenvalue weighted by Crippen LogP contribution is -2.42. The predicted molar refractivity (Wildman–Crippen MR) is 125 cm³/mol. The minimum atomic E-state index is -0.160. The standard InChI is InChI=1S/C11H22N2.C8H9F.C7H8/c1-4-9-13(10(2)3)11-5-7-12-8-6-11;1-2-7-3-5-8(9)6-4-7;1-7-5-3-2-4-6-7/h11-12H,2,4-9H2,1,3H3;3-6H,2H2,1H3;2-6H,1H3. The topological polar surface area (TPSA) is 15.3 Å². The zero-order valence-corrected chi connectivity index (χ0v) is 18.8. The van der Waals surface area contributed by atoms with Gasteiger partial charge < -0.3 is 10.2 Å². The van der Waals surface area contributed by atoms with Gasteiger partial charge in [0.2, 0.25) is 0 Å². The molecule has 0 aliphatic carbocycles. The van der Waals surface area contributed by atoms with E-state index < -0.39 is 0 Å². The normalized spacial score (nSPS) is 13.4. The van der Waals surface area contributed by atoms with Gasteiger partial charge in [0.1, 0.15) is 5.82 Å². The van der Waals surface area contributed by atoms with Gasteiger partial charge in [0.05, 0.1) is 0 Å². The van der Waals surface area contributed by atoms with Crippen LogP contribution < -0.4 is 5.32 Å². The Morgan fingerprint density at radius 1 is 1.03 bits per heavy atom. The molecule has 0 atom stereocenters. The van der Waals surface area contributed by atoms with Crippen molar-refractivity contribution in [3.05, 3.63) is 83.8 Å². The first kappa shape index (κ1) is 24.9. The zero-order chi connectivity index (χ0) is 21.5. The summed E-state index contributed by atoms with van der Waals surface area (Å²) in [6, 6.07) is 17.6. The Hall–Kier alpha value is -2.13. The van der Waals surface area contributed by atoms with Gasteiger partial charge in [-0.2, -0.15) is 0 Å². The molecule has 1 fully saturated rings. The zero-order valence-electron chi connectivity index (χ0n) is 18.8. The maximum absolute atomic E-state index is 12.2. The van der Waals surface area contributed by atoms with Gasteiger partial charge in [-0.05, 0) is 70.3 Å². The molecule has 2 aromatic rings. The van der Waals surface area contributed by atoms with Crippen molar-refractivity contribution in [2.45, 2.75) is 59.4 Å².